The summed E-state index contributed by atoms with van der Waals surface area (Å²) in [5, 5.41) is 4.27. The summed E-state index contributed by atoms with van der Waals surface area (Å²) in [4.78, 5) is 19.5. The lowest BCUT2D eigenvalue weighted by atomic mass is 10.1. The number of rotatable bonds is 4. The van der Waals surface area contributed by atoms with Gasteiger partial charge >= 0.3 is 6.18 Å². The molecule has 9 heteroatoms. The van der Waals surface area contributed by atoms with E-state index in [1.807, 2.05) is 11.4 Å². The van der Waals surface area contributed by atoms with Crippen LogP contribution in [0.5, 0.6) is 0 Å². The molecule has 1 amide bonds. The Kier molecular flexibility index (Phi) is 4.83. The van der Waals surface area contributed by atoms with Crippen LogP contribution in [0.15, 0.2) is 54.0 Å². The van der Waals surface area contributed by atoms with Crippen molar-refractivity contribution in [3.63, 3.8) is 0 Å². The number of carbonyl (C=O) groups excluding carboxylic acids is 1. The van der Waals surface area contributed by atoms with Gasteiger partial charge in [0.05, 0.1) is 10.6 Å². The van der Waals surface area contributed by atoms with Gasteiger partial charge in [-0.1, -0.05) is 12.1 Å². The van der Waals surface area contributed by atoms with Crippen molar-refractivity contribution >= 4 is 28.3 Å². The molecule has 0 radical (unpaired) electrons. The summed E-state index contributed by atoms with van der Waals surface area (Å²) in [6.45, 7) is -1.38. The van der Waals surface area contributed by atoms with Crippen LogP contribution >= 0.6 is 11.3 Å². The van der Waals surface area contributed by atoms with E-state index >= 15 is 0 Å². The van der Waals surface area contributed by atoms with E-state index in [1.165, 1.54) is 12.1 Å². The molecule has 148 valence electrons. The van der Waals surface area contributed by atoms with Crippen LogP contribution < -0.4 is 5.32 Å². The third-order valence-electron chi connectivity index (χ3n) is 4.24. The SMILES string of the molecule is O=C(NCC(F)(F)F)c1cc(-c2cnc3[nH]c(-c4ccccc4F)cc3c2)cs1. The second-order valence-electron chi connectivity index (χ2n) is 6.32. The zero-order valence-corrected chi connectivity index (χ0v) is 15.5. The summed E-state index contributed by atoms with van der Waals surface area (Å²) in [6.07, 6.45) is -2.88. The van der Waals surface area contributed by atoms with Gasteiger partial charge in [0.15, 0.2) is 0 Å². The molecule has 3 aromatic heterocycles. The first-order valence-electron chi connectivity index (χ1n) is 8.48. The number of nitrogens with one attached hydrogen (secondary N) is 2. The van der Waals surface area contributed by atoms with Gasteiger partial charge in [-0.15, -0.1) is 11.3 Å². The fraction of sp³-hybridized carbons (Fsp3) is 0.100. The average Bonchev–Trinajstić information content (AvgIpc) is 3.32. The van der Waals surface area contributed by atoms with Gasteiger partial charge in [0.25, 0.3) is 5.91 Å². The third kappa shape index (κ3) is 4.14. The van der Waals surface area contributed by atoms with E-state index < -0.39 is 18.6 Å². The van der Waals surface area contributed by atoms with Crippen molar-refractivity contribution in [2.45, 2.75) is 6.18 Å². The van der Waals surface area contributed by atoms with Gasteiger partial charge in [-0.25, -0.2) is 9.37 Å². The molecular formula is C20H13F4N3OS. The zero-order valence-electron chi connectivity index (χ0n) is 14.7. The fourth-order valence-corrected chi connectivity index (χ4v) is 3.70. The maximum Gasteiger partial charge on any atom is 0.405 e. The standard InChI is InChI=1S/C20H13F4N3OS/c21-15-4-2-1-3-14(15)16-6-11-5-12(8-25-18(11)27-16)13-7-17(29-9-13)19(28)26-10-20(22,23)24/h1-9H,10H2,(H,25,27)(H,26,28). The number of alkyl halides is 3. The van der Waals surface area contributed by atoms with Crippen molar-refractivity contribution < 1.29 is 22.4 Å². The van der Waals surface area contributed by atoms with Gasteiger partial charge in [-0.2, -0.15) is 13.2 Å². The lowest BCUT2D eigenvalue weighted by Crippen LogP contribution is -2.33. The maximum atomic E-state index is 14.0. The molecule has 0 aliphatic carbocycles. The molecule has 29 heavy (non-hydrogen) atoms. The number of hydrogen-bond donors (Lipinski definition) is 2. The van der Waals surface area contributed by atoms with Gasteiger partial charge in [-0.05, 0) is 41.3 Å². The Morgan fingerprint density at radius 1 is 1.14 bits per heavy atom. The zero-order chi connectivity index (χ0) is 20.6. The highest BCUT2D eigenvalue weighted by Crippen LogP contribution is 2.30. The molecule has 2 N–H and O–H groups in total. The second kappa shape index (κ2) is 7.32. The molecule has 1 aromatic carbocycles. The highest BCUT2D eigenvalue weighted by Gasteiger charge is 2.28. The Bertz CT molecular complexity index is 1200. The molecular weight excluding hydrogens is 406 g/mol. The number of aromatic amines is 1. The van der Waals surface area contributed by atoms with Crippen LogP contribution in [-0.4, -0.2) is 28.6 Å². The minimum atomic E-state index is -4.46. The van der Waals surface area contributed by atoms with E-state index in [-0.39, 0.29) is 10.7 Å². The van der Waals surface area contributed by atoms with Gasteiger partial charge in [0.1, 0.15) is 18.0 Å². The van der Waals surface area contributed by atoms with Crippen molar-refractivity contribution in [1.29, 1.82) is 0 Å². The monoisotopic (exact) mass is 419 g/mol. The Labute approximate surface area is 166 Å². The number of amides is 1. The van der Waals surface area contributed by atoms with Crippen LogP contribution in [0.1, 0.15) is 9.67 Å². The number of nitrogens with zero attached hydrogens (tertiary/aromatic N) is 1. The van der Waals surface area contributed by atoms with Crippen molar-refractivity contribution in [2.24, 2.45) is 0 Å². The number of fused-ring (bicyclic) bond motifs is 1. The number of thiophene rings is 1. The van der Waals surface area contributed by atoms with Crippen LogP contribution in [0.3, 0.4) is 0 Å². The van der Waals surface area contributed by atoms with E-state index in [0.29, 0.717) is 28.0 Å². The third-order valence-corrected chi connectivity index (χ3v) is 5.17. The van der Waals surface area contributed by atoms with Crippen molar-refractivity contribution in [3.05, 3.63) is 64.7 Å². The van der Waals surface area contributed by atoms with Crippen LogP contribution in [0.2, 0.25) is 0 Å². The van der Waals surface area contributed by atoms with E-state index in [0.717, 1.165) is 16.7 Å². The number of aromatic nitrogens is 2. The van der Waals surface area contributed by atoms with E-state index in [4.69, 9.17) is 0 Å². The minimum Gasteiger partial charge on any atom is -0.342 e. The Hall–Kier alpha value is -3.20. The van der Waals surface area contributed by atoms with Crippen LogP contribution in [0.25, 0.3) is 33.4 Å². The van der Waals surface area contributed by atoms with Gasteiger partial charge in [0, 0.05) is 22.7 Å². The van der Waals surface area contributed by atoms with Crippen molar-refractivity contribution in [3.8, 4) is 22.4 Å². The van der Waals surface area contributed by atoms with Gasteiger partial charge < -0.3 is 10.3 Å². The number of H-pyrrole nitrogens is 1. The second-order valence-corrected chi connectivity index (χ2v) is 7.23. The highest BCUT2D eigenvalue weighted by atomic mass is 32.1. The van der Waals surface area contributed by atoms with Crippen LogP contribution in [0, 0.1) is 5.82 Å². The topological polar surface area (TPSA) is 57.8 Å². The first-order valence-corrected chi connectivity index (χ1v) is 9.36. The lowest BCUT2D eigenvalue weighted by Gasteiger charge is -2.06. The van der Waals surface area contributed by atoms with E-state index in [1.54, 1.807) is 35.8 Å². The number of benzene rings is 1. The molecule has 4 rings (SSSR count). The van der Waals surface area contributed by atoms with Gasteiger partial charge in [-0.3, -0.25) is 4.79 Å². The number of pyridine rings is 1. The molecule has 0 saturated heterocycles. The molecule has 0 fully saturated rings. The maximum absolute atomic E-state index is 14.0. The first kappa shape index (κ1) is 19.1. The van der Waals surface area contributed by atoms with E-state index in [2.05, 4.69) is 9.97 Å². The quantitative estimate of drug-likeness (QED) is 0.436. The van der Waals surface area contributed by atoms with Crippen LogP contribution in [-0.2, 0) is 0 Å². The predicted octanol–water partition coefficient (Wildman–Crippen LogP) is 5.39. The summed E-state index contributed by atoms with van der Waals surface area (Å²) >= 11 is 1.05. The summed E-state index contributed by atoms with van der Waals surface area (Å²) in [5.41, 5.74) is 2.94. The largest absolute Gasteiger partial charge is 0.405 e. The summed E-state index contributed by atoms with van der Waals surface area (Å²) in [6, 6.07) is 11.5. The van der Waals surface area contributed by atoms with Crippen LogP contribution in [0.4, 0.5) is 17.6 Å². The Morgan fingerprint density at radius 2 is 1.93 bits per heavy atom. The summed E-state index contributed by atoms with van der Waals surface area (Å²) in [5.74, 6) is -1.14. The normalized spacial score (nSPS) is 11.7. The minimum absolute atomic E-state index is 0.172. The highest BCUT2D eigenvalue weighted by molar-refractivity contribution is 7.12. The van der Waals surface area contributed by atoms with Gasteiger partial charge in [0.2, 0.25) is 0 Å². The summed E-state index contributed by atoms with van der Waals surface area (Å²) in [7, 11) is 0. The number of hydrogen-bond acceptors (Lipinski definition) is 3. The molecule has 0 unspecified atom stereocenters. The molecule has 0 bridgehead atoms. The lowest BCUT2D eigenvalue weighted by molar-refractivity contribution is -0.123. The molecule has 0 aliphatic heterocycles. The molecule has 0 aliphatic rings. The Morgan fingerprint density at radius 3 is 2.69 bits per heavy atom. The molecule has 0 saturated carbocycles. The number of carbonyl (C=O) groups is 1. The van der Waals surface area contributed by atoms with Crippen molar-refractivity contribution in [1.82, 2.24) is 15.3 Å². The van der Waals surface area contributed by atoms with Crippen molar-refractivity contribution in [2.75, 3.05) is 6.54 Å². The predicted molar refractivity (Wildman–Crippen MR) is 103 cm³/mol. The molecule has 0 spiro atoms. The molecule has 4 nitrogen and oxygen atoms in total. The molecule has 3 heterocycles. The first-order chi connectivity index (χ1) is 13.8. The number of halogens is 4. The fourth-order valence-electron chi connectivity index (χ4n) is 2.87. The molecule has 4 aromatic rings. The molecule has 0 atom stereocenters. The average molecular weight is 419 g/mol. The van der Waals surface area contributed by atoms with E-state index in [9.17, 15) is 22.4 Å². The Balaban J connectivity index is 1.60. The smallest absolute Gasteiger partial charge is 0.342 e. The summed E-state index contributed by atoms with van der Waals surface area (Å²) < 4.78 is 50.8.